The predicted molar refractivity (Wildman–Crippen MR) is 46.3 cm³/mol. The molecule has 0 fully saturated rings. The normalized spacial score (nSPS) is 10.0. The predicted octanol–water partition coefficient (Wildman–Crippen LogP) is 1.26. The Bertz CT molecular complexity index is 104. The van der Waals surface area contributed by atoms with Gasteiger partial charge in [0.2, 0.25) is 5.91 Å². The molecule has 10 heavy (non-hydrogen) atoms. The fourth-order valence-electron chi connectivity index (χ4n) is 0.522. The number of nitrogens with one attached hydrogen (secondary N) is 1. The van der Waals surface area contributed by atoms with Crippen LogP contribution in [0.4, 0.5) is 0 Å². The summed E-state index contributed by atoms with van der Waals surface area (Å²) >= 11 is 1.86. The molecule has 0 saturated heterocycles. The van der Waals surface area contributed by atoms with Gasteiger partial charge in [-0.3, -0.25) is 4.79 Å². The largest absolute Gasteiger partial charge is 0.356 e. The van der Waals surface area contributed by atoms with Crippen LogP contribution in [0.5, 0.6) is 0 Å². The van der Waals surface area contributed by atoms with Gasteiger partial charge in [0.05, 0.1) is 0 Å². The van der Waals surface area contributed by atoms with Crippen LogP contribution in [0.2, 0.25) is 0 Å². The van der Waals surface area contributed by atoms with Crippen molar-refractivity contribution in [2.45, 2.75) is 26.0 Å². The third-order valence-corrected chi connectivity index (χ3v) is 2.03. The standard InChI is InChI=1S/C7H15NOS/c1-6(2)10-5-4-8-7(3)9/h6H,4-5H2,1-3H3,(H,8,9). The first-order chi connectivity index (χ1) is 4.63. The van der Waals surface area contributed by atoms with E-state index in [1.807, 2.05) is 11.8 Å². The minimum atomic E-state index is 0.0596. The number of hydrogen-bond donors (Lipinski definition) is 1. The number of amides is 1. The quantitative estimate of drug-likeness (QED) is 0.629. The highest BCUT2D eigenvalue weighted by Crippen LogP contribution is 2.06. The summed E-state index contributed by atoms with van der Waals surface area (Å²) in [5, 5.41) is 3.40. The van der Waals surface area contributed by atoms with Crippen LogP contribution in [0.3, 0.4) is 0 Å². The van der Waals surface area contributed by atoms with E-state index in [1.54, 1.807) is 6.92 Å². The summed E-state index contributed by atoms with van der Waals surface area (Å²) in [6, 6.07) is 0. The van der Waals surface area contributed by atoms with Gasteiger partial charge in [-0.2, -0.15) is 11.8 Å². The van der Waals surface area contributed by atoms with Gasteiger partial charge in [-0.25, -0.2) is 0 Å². The number of carbonyl (C=O) groups is 1. The highest BCUT2D eigenvalue weighted by molar-refractivity contribution is 7.99. The Morgan fingerprint density at radius 3 is 2.60 bits per heavy atom. The first kappa shape index (κ1) is 9.82. The van der Waals surface area contributed by atoms with Crippen molar-refractivity contribution in [3.8, 4) is 0 Å². The maximum atomic E-state index is 10.4. The zero-order valence-electron chi connectivity index (χ0n) is 6.81. The van der Waals surface area contributed by atoms with Gasteiger partial charge >= 0.3 is 0 Å². The van der Waals surface area contributed by atoms with Crippen LogP contribution < -0.4 is 5.32 Å². The highest BCUT2D eigenvalue weighted by atomic mass is 32.2. The third kappa shape index (κ3) is 7.82. The maximum absolute atomic E-state index is 10.4. The van der Waals surface area contributed by atoms with Crippen molar-refractivity contribution in [1.82, 2.24) is 5.32 Å². The fraction of sp³-hybridized carbons (Fsp3) is 0.857. The molecule has 0 aliphatic heterocycles. The Balaban J connectivity index is 2.98. The molecule has 0 atom stereocenters. The summed E-state index contributed by atoms with van der Waals surface area (Å²) in [5.74, 6) is 1.07. The van der Waals surface area contributed by atoms with Crippen LogP contribution in [-0.2, 0) is 4.79 Å². The molecular weight excluding hydrogens is 146 g/mol. The summed E-state index contributed by atoms with van der Waals surface area (Å²) in [6.07, 6.45) is 0. The van der Waals surface area contributed by atoms with Crippen molar-refractivity contribution in [2.24, 2.45) is 0 Å². The Morgan fingerprint density at radius 1 is 1.60 bits per heavy atom. The number of hydrogen-bond acceptors (Lipinski definition) is 2. The molecule has 0 bridgehead atoms. The van der Waals surface area contributed by atoms with E-state index in [1.165, 1.54) is 0 Å². The van der Waals surface area contributed by atoms with Gasteiger partial charge in [-0.1, -0.05) is 13.8 Å². The molecule has 2 nitrogen and oxygen atoms in total. The number of carbonyl (C=O) groups excluding carboxylic acids is 1. The second-order valence-corrected chi connectivity index (χ2v) is 4.09. The Morgan fingerprint density at radius 2 is 2.20 bits per heavy atom. The van der Waals surface area contributed by atoms with Crippen LogP contribution in [0.25, 0.3) is 0 Å². The molecule has 3 heteroatoms. The van der Waals surface area contributed by atoms with Crippen molar-refractivity contribution >= 4 is 17.7 Å². The SMILES string of the molecule is CC(=O)NCCSC(C)C. The molecule has 1 N–H and O–H groups in total. The Labute approximate surface area is 66.8 Å². The van der Waals surface area contributed by atoms with E-state index < -0.39 is 0 Å². The summed E-state index contributed by atoms with van der Waals surface area (Å²) in [5.41, 5.74) is 0. The molecule has 0 heterocycles. The van der Waals surface area contributed by atoms with E-state index >= 15 is 0 Å². The van der Waals surface area contributed by atoms with E-state index in [9.17, 15) is 4.79 Å². The Hall–Kier alpha value is -0.180. The molecule has 0 aromatic heterocycles. The van der Waals surface area contributed by atoms with Gasteiger partial charge in [0.1, 0.15) is 0 Å². The molecule has 0 spiro atoms. The van der Waals surface area contributed by atoms with Gasteiger partial charge < -0.3 is 5.32 Å². The van der Waals surface area contributed by atoms with Crippen molar-refractivity contribution in [3.05, 3.63) is 0 Å². The summed E-state index contributed by atoms with van der Waals surface area (Å²) in [6.45, 7) is 6.63. The first-order valence-corrected chi connectivity index (χ1v) is 4.54. The molecule has 0 aliphatic rings. The van der Waals surface area contributed by atoms with Crippen molar-refractivity contribution in [3.63, 3.8) is 0 Å². The molecule has 0 radical (unpaired) electrons. The van der Waals surface area contributed by atoms with E-state index in [2.05, 4.69) is 19.2 Å². The maximum Gasteiger partial charge on any atom is 0.216 e. The molecule has 1 amide bonds. The molecule has 0 saturated carbocycles. The number of rotatable bonds is 4. The second kappa shape index (κ2) is 5.59. The smallest absolute Gasteiger partial charge is 0.216 e. The van der Waals surface area contributed by atoms with Gasteiger partial charge in [-0.05, 0) is 5.25 Å². The van der Waals surface area contributed by atoms with Crippen molar-refractivity contribution < 1.29 is 4.79 Å². The zero-order chi connectivity index (χ0) is 7.98. The van der Waals surface area contributed by atoms with E-state index in [0.29, 0.717) is 5.25 Å². The second-order valence-electron chi connectivity index (χ2n) is 2.40. The molecule has 60 valence electrons. The molecular formula is C7H15NOS. The average molecular weight is 161 g/mol. The lowest BCUT2D eigenvalue weighted by molar-refractivity contribution is -0.118. The molecule has 0 aliphatic carbocycles. The molecule has 0 aromatic carbocycles. The van der Waals surface area contributed by atoms with Crippen LogP contribution in [0.15, 0.2) is 0 Å². The lowest BCUT2D eigenvalue weighted by Gasteiger charge is -2.03. The van der Waals surface area contributed by atoms with Gasteiger partial charge in [0, 0.05) is 19.2 Å². The molecule has 0 unspecified atom stereocenters. The summed E-state index contributed by atoms with van der Waals surface area (Å²) in [4.78, 5) is 10.4. The fourth-order valence-corrected chi connectivity index (χ4v) is 1.21. The van der Waals surface area contributed by atoms with Crippen LogP contribution in [0.1, 0.15) is 20.8 Å². The highest BCUT2D eigenvalue weighted by Gasteiger charge is 1.93. The minimum absolute atomic E-state index is 0.0596. The number of thioether (sulfide) groups is 1. The Kier molecular flexibility index (Phi) is 5.49. The van der Waals surface area contributed by atoms with Crippen molar-refractivity contribution in [2.75, 3.05) is 12.3 Å². The summed E-state index contributed by atoms with van der Waals surface area (Å²) in [7, 11) is 0. The lowest BCUT2D eigenvalue weighted by Crippen LogP contribution is -2.22. The minimum Gasteiger partial charge on any atom is -0.356 e. The van der Waals surface area contributed by atoms with Crippen LogP contribution in [-0.4, -0.2) is 23.5 Å². The topological polar surface area (TPSA) is 29.1 Å². The van der Waals surface area contributed by atoms with Gasteiger partial charge in [-0.15, -0.1) is 0 Å². The zero-order valence-corrected chi connectivity index (χ0v) is 7.62. The van der Waals surface area contributed by atoms with Crippen LogP contribution >= 0.6 is 11.8 Å². The first-order valence-electron chi connectivity index (χ1n) is 3.49. The van der Waals surface area contributed by atoms with Gasteiger partial charge in [0.25, 0.3) is 0 Å². The van der Waals surface area contributed by atoms with Crippen LogP contribution in [0, 0.1) is 0 Å². The average Bonchev–Trinajstić information content (AvgIpc) is 1.79. The van der Waals surface area contributed by atoms with E-state index in [-0.39, 0.29) is 5.91 Å². The molecule has 0 rings (SSSR count). The lowest BCUT2D eigenvalue weighted by atomic mass is 10.6. The molecule has 0 aromatic rings. The summed E-state index contributed by atoms with van der Waals surface area (Å²) < 4.78 is 0. The third-order valence-electron chi connectivity index (χ3n) is 0.927. The van der Waals surface area contributed by atoms with E-state index in [0.717, 1.165) is 12.3 Å². The van der Waals surface area contributed by atoms with E-state index in [4.69, 9.17) is 0 Å². The van der Waals surface area contributed by atoms with Gasteiger partial charge in [0.15, 0.2) is 0 Å². The monoisotopic (exact) mass is 161 g/mol. The van der Waals surface area contributed by atoms with Crippen molar-refractivity contribution in [1.29, 1.82) is 0 Å².